The van der Waals surface area contributed by atoms with Crippen LogP contribution in [0.3, 0.4) is 0 Å². The Labute approximate surface area is 146 Å². The maximum Gasteiger partial charge on any atom is 0.305 e. The molecular weight excluding hydrogens is 322 g/mol. The number of amides is 1. The van der Waals surface area contributed by atoms with Gasteiger partial charge < -0.3 is 19.9 Å². The van der Waals surface area contributed by atoms with Crippen LogP contribution >= 0.6 is 0 Å². The number of aliphatic carboxylic acids is 1. The summed E-state index contributed by atoms with van der Waals surface area (Å²) >= 11 is 0. The third-order valence-electron chi connectivity index (χ3n) is 5.95. The van der Waals surface area contributed by atoms with Gasteiger partial charge in [0.15, 0.2) is 0 Å². The van der Waals surface area contributed by atoms with Gasteiger partial charge in [-0.25, -0.2) is 0 Å². The Balaban J connectivity index is 1.52. The van der Waals surface area contributed by atoms with Crippen molar-refractivity contribution in [1.29, 1.82) is 0 Å². The van der Waals surface area contributed by atoms with Gasteiger partial charge in [-0.15, -0.1) is 0 Å². The van der Waals surface area contributed by atoms with Crippen molar-refractivity contribution in [1.82, 2.24) is 5.32 Å². The fourth-order valence-corrected chi connectivity index (χ4v) is 4.45. The molecule has 4 rings (SSSR count). The standard InChI is InChI=1S/C19H23NO5/c21-16(22)12-18(5-8-24-9-6-18)20-17(23)14-11-19(14)7-10-25-15-4-2-1-3-13(15)19/h1-4,14H,5-12H2,(H,20,23)(H,21,22)/t14-,19-/m0/s1. The van der Waals surface area contributed by atoms with E-state index in [1.54, 1.807) is 0 Å². The SMILES string of the molecule is O=C(O)CC1(NC(=O)[C@@H]2C[C@]23CCOc2ccccc23)CCOCC1. The van der Waals surface area contributed by atoms with Crippen LogP contribution in [0.25, 0.3) is 0 Å². The van der Waals surface area contributed by atoms with E-state index >= 15 is 0 Å². The Hall–Kier alpha value is -2.08. The number of fused-ring (bicyclic) bond motifs is 2. The molecule has 25 heavy (non-hydrogen) atoms. The summed E-state index contributed by atoms with van der Waals surface area (Å²) in [6, 6.07) is 7.92. The molecule has 6 heteroatoms. The second kappa shape index (κ2) is 6.02. The molecule has 0 bridgehead atoms. The number of ether oxygens (including phenoxy) is 2. The quantitative estimate of drug-likeness (QED) is 0.870. The number of carboxylic acid groups (broad SMARTS) is 1. The molecule has 1 aromatic rings. The van der Waals surface area contributed by atoms with E-state index < -0.39 is 11.5 Å². The predicted octanol–water partition coefficient (Wildman–Crippen LogP) is 1.87. The summed E-state index contributed by atoms with van der Waals surface area (Å²) in [4.78, 5) is 24.2. The number of rotatable bonds is 4. The van der Waals surface area contributed by atoms with Crippen molar-refractivity contribution in [3.63, 3.8) is 0 Å². The molecule has 2 heterocycles. The lowest BCUT2D eigenvalue weighted by Gasteiger charge is -2.37. The average Bonchev–Trinajstić information content (AvgIpc) is 3.30. The van der Waals surface area contributed by atoms with Gasteiger partial charge in [-0.2, -0.15) is 0 Å². The van der Waals surface area contributed by atoms with Crippen LogP contribution in [0.1, 0.15) is 37.7 Å². The third kappa shape index (κ3) is 2.88. The molecule has 6 nitrogen and oxygen atoms in total. The molecule has 1 saturated carbocycles. The van der Waals surface area contributed by atoms with Gasteiger partial charge in [-0.05, 0) is 31.7 Å². The van der Waals surface area contributed by atoms with E-state index in [-0.39, 0.29) is 23.7 Å². The van der Waals surface area contributed by atoms with Crippen LogP contribution in [-0.2, 0) is 19.7 Å². The highest BCUT2D eigenvalue weighted by Crippen LogP contribution is 2.60. The van der Waals surface area contributed by atoms with Crippen molar-refractivity contribution >= 4 is 11.9 Å². The largest absolute Gasteiger partial charge is 0.493 e. The van der Waals surface area contributed by atoms with Crippen molar-refractivity contribution in [2.75, 3.05) is 19.8 Å². The van der Waals surface area contributed by atoms with E-state index in [4.69, 9.17) is 9.47 Å². The molecule has 1 spiro atoms. The van der Waals surface area contributed by atoms with E-state index in [9.17, 15) is 14.7 Å². The van der Waals surface area contributed by atoms with E-state index in [1.165, 1.54) is 0 Å². The molecule has 2 fully saturated rings. The number of para-hydroxylation sites is 1. The molecule has 3 aliphatic rings. The number of hydrogen-bond acceptors (Lipinski definition) is 4. The van der Waals surface area contributed by atoms with Crippen molar-refractivity contribution < 1.29 is 24.2 Å². The van der Waals surface area contributed by atoms with Crippen LogP contribution < -0.4 is 10.1 Å². The third-order valence-corrected chi connectivity index (χ3v) is 5.95. The second-order valence-corrected chi connectivity index (χ2v) is 7.46. The average molecular weight is 345 g/mol. The van der Waals surface area contributed by atoms with Gasteiger partial charge >= 0.3 is 5.97 Å². The normalized spacial score (nSPS) is 29.4. The molecule has 2 N–H and O–H groups in total. The first-order valence-corrected chi connectivity index (χ1v) is 8.89. The Morgan fingerprint density at radius 3 is 2.68 bits per heavy atom. The summed E-state index contributed by atoms with van der Waals surface area (Å²) in [5.41, 5.74) is 0.282. The van der Waals surface area contributed by atoms with Gasteiger partial charge in [0, 0.05) is 30.1 Å². The van der Waals surface area contributed by atoms with Gasteiger partial charge in [-0.3, -0.25) is 9.59 Å². The summed E-state index contributed by atoms with van der Waals surface area (Å²) in [5, 5.41) is 12.3. The molecule has 2 aliphatic heterocycles. The highest BCUT2D eigenvalue weighted by molar-refractivity contribution is 5.86. The lowest BCUT2D eigenvalue weighted by atomic mass is 9.84. The number of nitrogens with one attached hydrogen (secondary N) is 1. The second-order valence-electron chi connectivity index (χ2n) is 7.46. The van der Waals surface area contributed by atoms with Crippen LogP contribution in [-0.4, -0.2) is 42.3 Å². The number of benzene rings is 1. The first kappa shape index (κ1) is 16.4. The van der Waals surface area contributed by atoms with Gasteiger partial charge in [-0.1, -0.05) is 18.2 Å². The van der Waals surface area contributed by atoms with Crippen molar-refractivity contribution in [2.45, 2.75) is 43.1 Å². The van der Waals surface area contributed by atoms with Crippen LogP contribution in [0.5, 0.6) is 5.75 Å². The number of carboxylic acids is 1. The molecule has 0 radical (unpaired) electrons. The fraction of sp³-hybridized carbons (Fsp3) is 0.579. The predicted molar refractivity (Wildman–Crippen MR) is 89.5 cm³/mol. The Morgan fingerprint density at radius 2 is 1.92 bits per heavy atom. The maximum absolute atomic E-state index is 13.0. The molecular formula is C19H23NO5. The first-order chi connectivity index (χ1) is 12.0. The minimum atomic E-state index is -0.885. The highest BCUT2D eigenvalue weighted by Gasteiger charge is 2.61. The van der Waals surface area contributed by atoms with Crippen LogP contribution in [0, 0.1) is 5.92 Å². The van der Waals surface area contributed by atoms with Crippen molar-refractivity contribution in [2.24, 2.45) is 5.92 Å². The summed E-state index contributed by atoms with van der Waals surface area (Å²) < 4.78 is 11.1. The lowest BCUT2D eigenvalue weighted by molar-refractivity contribution is -0.140. The molecule has 0 aromatic heterocycles. The number of carbonyl (C=O) groups is 2. The Morgan fingerprint density at radius 1 is 1.16 bits per heavy atom. The topological polar surface area (TPSA) is 84.9 Å². The number of carbonyl (C=O) groups excluding carboxylic acids is 1. The molecule has 0 unspecified atom stereocenters. The minimum Gasteiger partial charge on any atom is -0.493 e. The number of hydrogen-bond donors (Lipinski definition) is 2. The lowest BCUT2D eigenvalue weighted by Crippen LogP contribution is -2.54. The van der Waals surface area contributed by atoms with E-state index in [0.29, 0.717) is 32.7 Å². The van der Waals surface area contributed by atoms with Crippen LogP contribution in [0.2, 0.25) is 0 Å². The summed E-state index contributed by atoms with van der Waals surface area (Å²) in [5.74, 6) is -0.148. The molecule has 1 amide bonds. The van der Waals surface area contributed by atoms with Gasteiger partial charge in [0.05, 0.1) is 18.6 Å². The monoisotopic (exact) mass is 345 g/mol. The molecule has 1 aromatic carbocycles. The van der Waals surface area contributed by atoms with Gasteiger partial charge in [0.25, 0.3) is 0 Å². The molecule has 134 valence electrons. The summed E-state index contributed by atoms with van der Waals surface area (Å²) in [6.07, 6.45) is 2.67. The molecule has 1 saturated heterocycles. The Bertz CT molecular complexity index is 697. The Kier molecular flexibility index (Phi) is 3.95. The van der Waals surface area contributed by atoms with E-state index in [2.05, 4.69) is 5.32 Å². The minimum absolute atomic E-state index is 0.0279. The maximum atomic E-state index is 13.0. The summed E-state index contributed by atoms with van der Waals surface area (Å²) in [7, 11) is 0. The van der Waals surface area contributed by atoms with Gasteiger partial charge in [0.2, 0.25) is 5.91 Å². The van der Waals surface area contributed by atoms with E-state index in [0.717, 1.165) is 24.2 Å². The van der Waals surface area contributed by atoms with Crippen LogP contribution in [0.15, 0.2) is 24.3 Å². The van der Waals surface area contributed by atoms with Crippen molar-refractivity contribution in [3.8, 4) is 5.75 Å². The zero-order valence-corrected chi connectivity index (χ0v) is 14.1. The summed E-state index contributed by atoms with van der Waals surface area (Å²) in [6.45, 7) is 1.59. The first-order valence-electron chi connectivity index (χ1n) is 8.89. The smallest absolute Gasteiger partial charge is 0.305 e. The van der Waals surface area contributed by atoms with Gasteiger partial charge in [0.1, 0.15) is 5.75 Å². The van der Waals surface area contributed by atoms with Crippen molar-refractivity contribution in [3.05, 3.63) is 29.8 Å². The van der Waals surface area contributed by atoms with E-state index in [1.807, 2.05) is 24.3 Å². The fourth-order valence-electron chi connectivity index (χ4n) is 4.45. The molecule has 2 atom stereocenters. The van der Waals surface area contributed by atoms with Crippen LogP contribution in [0.4, 0.5) is 0 Å². The zero-order chi connectivity index (χ0) is 17.5. The highest BCUT2D eigenvalue weighted by atomic mass is 16.5. The zero-order valence-electron chi connectivity index (χ0n) is 14.1. The molecule has 1 aliphatic carbocycles.